The van der Waals surface area contributed by atoms with Gasteiger partial charge in [0.15, 0.2) is 11.6 Å². The Balaban J connectivity index is 1.92. The maximum Gasteiger partial charge on any atom is 0.313 e. The minimum absolute atomic E-state index is 0.0169. The third-order valence-corrected chi connectivity index (χ3v) is 4.43. The number of unbranched alkanes of at least 4 members (excludes halogenated alkanes) is 2. The predicted molar refractivity (Wildman–Crippen MR) is 117 cm³/mol. The van der Waals surface area contributed by atoms with Gasteiger partial charge >= 0.3 is 5.97 Å². The monoisotopic (exact) mass is 511 g/mol. The number of ether oxygens (including phenoxy) is 5. The predicted octanol–water partition coefficient (Wildman–Crippen LogP) is 3.30. The van der Waals surface area contributed by atoms with Crippen molar-refractivity contribution in [2.45, 2.75) is 39.0 Å². The Kier molecular flexibility index (Phi) is 16.7. The van der Waals surface area contributed by atoms with Crippen molar-refractivity contribution < 1.29 is 50.8 Å². The SMILES string of the molecule is CCCCCNC(=O)CCOCCOCCOCCOCCC(=O)Oc1c(F)c(F)cc(F)c1F. The van der Waals surface area contributed by atoms with Crippen LogP contribution in [-0.2, 0) is 28.5 Å². The Morgan fingerprint density at radius 3 is 1.74 bits per heavy atom. The number of halogens is 4. The molecule has 0 spiro atoms. The Bertz CT molecular complexity index is 742. The van der Waals surface area contributed by atoms with Gasteiger partial charge in [-0.15, -0.1) is 0 Å². The molecule has 200 valence electrons. The summed E-state index contributed by atoms with van der Waals surface area (Å²) in [5, 5.41) is 2.83. The van der Waals surface area contributed by atoms with Crippen LogP contribution in [0.3, 0.4) is 0 Å². The molecule has 0 radical (unpaired) electrons. The molecule has 1 aromatic rings. The smallest absolute Gasteiger partial charge is 0.313 e. The lowest BCUT2D eigenvalue weighted by Gasteiger charge is -2.09. The van der Waals surface area contributed by atoms with E-state index in [9.17, 15) is 27.2 Å². The highest BCUT2D eigenvalue weighted by Gasteiger charge is 2.22. The molecule has 0 aromatic heterocycles. The molecule has 0 fully saturated rings. The van der Waals surface area contributed by atoms with E-state index >= 15 is 0 Å². The summed E-state index contributed by atoms with van der Waals surface area (Å²) in [6, 6.07) is 0.0169. The first-order chi connectivity index (χ1) is 16.9. The minimum Gasteiger partial charge on any atom is -0.420 e. The van der Waals surface area contributed by atoms with Crippen molar-refractivity contribution in [3.8, 4) is 5.75 Å². The molecule has 35 heavy (non-hydrogen) atoms. The lowest BCUT2D eigenvalue weighted by atomic mass is 10.2. The number of benzene rings is 1. The Morgan fingerprint density at radius 2 is 1.23 bits per heavy atom. The molecular formula is C23H33F4NO7. The molecule has 1 amide bonds. The zero-order valence-electron chi connectivity index (χ0n) is 19.8. The molecule has 0 aliphatic heterocycles. The number of esters is 1. The van der Waals surface area contributed by atoms with Crippen LogP contribution in [0.1, 0.15) is 39.0 Å². The zero-order chi connectivity index (χ0) is 25.9. The number of hydrogen-bond acceptors (Lipinski definition) is 7. The Labute approximate surface area is 202 Å². The molecule has 0 unspecified atom stereocenters. The van der Waals surface area contributed by atoms with E-state index in [0.717, 1.165) is 19.3 Å². The first kappa shape index (κ1) is 30.8. The molecule has 0 aliphatic rings. The summed E-state index contributed by atoms with van der Waals surface area (Å²) in [4.78, 5) is 23.1. The van der Waals surface area contributed by atoms with Crippen LogP contribution in [0.2, 0.25) is 0 Å². The van der Waals surface area contributed by atoms with Crippen molar-refractivity contribution in [2.75, 3.05) is 59.4 Å². The second kappa shape index (κ2) is 19.0. The molecule has 0 atom stereocenters. The van der Waals surface area contributed by atoms with Crippen molar-refractivity contribution in [1.82, 2.24) is 5.32 Å². The summed E-state index contributed by atoms with van der Waals surface area (Å²) < 4.78 is 78.4. The second-order valence-electron chi connectivity index (χ2n) is 7.28. The number of rotatable bonds is 20. The number of carbonyl (C=O) groups excluding carboxylic acids is 2. The standard InChI is InChI=1S/C23H33F4NO7/c1-2-3-4-7-28-19(29)5-8-31-10-12-33-14-15-34-13-11-32-9-6-20(30)35-23-21(26)17(24)16-18(25)22(23)27/h16H,2-15H2,1H3,(H,28,29). The van der Waals surface area contributed by atoms with Crippen LogP contribution in [0.25, 0.3) is 0 Å². The molecular weight excluding hydrogens is 478 g/mol. The quantitative estimate of drug-likeness (QED) is 0.0944. The summed E-state index contributed by atoms with van der Waals surface area (Å²) in [6.07, 6.45) is 3.10. The molecule has 0 bridgehead atoms. The van der Waals surface area contributed by atoms with E-state index in [2.05, 4.69) is 17.0 Å². The van der Waals surface area contributed by atoms with Crippen LogP contribution >= 0.6 is 0 Å². The number of hydrogen-bond donors (Lipinski definition) is 1. The fourth-order valence-corrected chi connectivity index (χ4v) is 2.58. The van der Waals surface area contributed by atoms with E-state index in [1.165, 1.54) is 0 Å². The molecule has 1 rings (SSSR count). The van der Waals surface area contributed by atoms with Crippen molar-refractivity contribution in [2.24, 2.45) is 0 Å². The fraction of sp³-hybridized carbons (Fsp3) is 0.652. The van der Waals surface area contributed by atoms with E-state index in [4.69, 9.17) is 18.9 Å². The molecule has 1 N–H and O–H groups in total. The summed E-state index contributed by atoms with van der Waals surface area (Å²) >= 11 is 0. The molecule has 0 saturated carbocycles. The van der Waals surface area contributed by atoms with Gasteiger partial charge in [0.2, 0.25) is 23.3 Å². The fourth-order valence-electron chi connectivity index (χ4n) is 2.58. The van der Waals surface area contributed by atoms with Crippen molar-refractivity contribution in [3.05, 3.63) is 29.3 Å². The van der Waals surface area contributed by atoms with Gasteiger partial charge in [0, 0.05) is 19.0 Å². The Hall–Kier alpha value is -2.28. The summed E-state index contributed by atoms with van der Waals surface area (Å²) in [5.41, 5.74) is 0. The third kappa shape index (κ3) is 14.0. The van der Waals surface area contributed by atoms with Gasteiger partial charge in [-0.1, -0.05) is 19.8 Å². The maximum atomic E-state index is 13.4. The van der Waals surface area contributed by atoms with Crippen LogP contribution in [0.4, 0.5) is 17.6 Å². The van der Waals surface area contributed by atoms with Crippen LogP contribution in [-0.4, -0.2) is 71.3 Å². The normalized spacial score (nSPS) is 11.0. The topological polar surface area (TPSA) is 92.3 Å². The van der Waals surface area contributed by atoms with Crippen LogP contribution in [0, 0.1) is 23.3 Å². The molecule has 1 aromatic carbocycles. The summed E-state index contributed by atoms with van der Waals surface area (Å²) in [6.45, 7) is 4.66. The lowest BCUT2D eigenvalue weighted by Crippen LogP contribution is -2.25. The van der Waals surface area contributed by atoms with Gasteiger partial charge in [0.25, 0.3) is 0 Å². The van der Waals surface area contributed by atoms with Gasteiger partial charge < -0.3 is 29.0 Å². The zero-order valence-corrected chi connectivity index (χ0v) is 19.8. The summed E-state index contributed by atoms with van der Waals surface area (Å²) in [5.74, 6) is -9.49. The first-order valence-electron chi connectivity index (χ1n) is 11.5. The first-order valence-corrected chi connectivity index (χ1v) is 11.5. The minimum atomic E-state index is -1.79. The molecule has 12 heteroatoms. The second-order valence-corrected chi connectivity index (χ2v) is 7.28. The van der Waals surface area contributed by atoms with Gasteiger partial charge in [-0.2, -0.15) is 8.78 Å². The van der Waals surface area contributed by atoms with E-state index < -0.39 is 35.0 Å². The number of amides is 1. The average molecular weight is 512 g/mol. The van der Waals surface area contributed by atoms with Gasteiger partial charge in [0.1, 0.15) is 0 Å². The van der Waals surface area contributed by atoms with Gasteiger partial charge in [0.05, 0.1) is 59.3 Å². The van der Waals surface area contributed by atoms with E-state index in [-0.39, 0.29) is 38.2 Å². The highest BCUT2D eigenvalue weighted by atomic mass is 19.2. The summed E-state index contributed by atoms with van der Waals surface area (Å²) in [7, 11) is 0. The van der Waals surface area contributed by atoms with Gasteiger partial charge in [-0.05, 0) is 6.42 Å². The molecule has 0 heterocycles. The van der Waals surface area contributed by atoms with E-state index in [1.807, 2.05) is 0 Å². The van der Waals surface area contributed by atoms with Crippen molar-refractivity contribution in [3.63, 3.8) is 0 Å². The number of carbonyl (C=O) groups is 2. The molecule has 0 aliphatic carbocycles. The van der Waals surface area contributed by atoms with E-state index in [1.54, 1.807) is 0 Å². The highest BCUT2D eigenvalue weighted by molar-refractivity contribution is 5.75. The van der Waals surface area contributed by atoms with Crippen molar-refractivity contribution >= 4 is 11.9 Å². The average Bonchev–Trinajstić information content (AvgIpc) is 2.83. The lowest BCUT2D eigenvalue weighted by molar-refractivity contribution is -0.136. The highest BCUT2D eigenvalue weighted by Crippen LogP contribution is 2.26. The Morgan fingerprint density at radius 1 is 0.743 bits per heavy atom. The maximum absolute atomic E-state index is 13.4. The third-order valence-electron chi connectivity index (χ3n) is 4.43. The van der Waals surface area contributed by atoms with Gasteiger partial charge in [-0.25, -0.2) is 8.78 Å². The van der Waals surface area contributed by atoms with Crippen LogP contribution in [0.15, 0.2) is 6.07 Å². The number of nitrogens with one attached hydrogen (secondary N) is 1. The largest absolute Gasteiger partial charge is 0.420 e. The molecule has 0 saturated heterocycles. The van der Waals surface area contributed by atoms with Crippen molar-refractivity contribution in [1.29, 1.82) is 0 Å². The van der Waals surface area contributed by atoms with Gasteiger partial charge in [-0.3, -0.25) is 9.59 Å². The van der Waals surface area contributed by atoms with Crippen LogP contribution in [0.5, 0.6) is 5.75 Å². The van der Waals surface area contributed by atoms with Crippen LogP contribution < -0.4 is 10.1 Å². The molecule has 8 nitrogen and oxygen atoms in total. The van der Waals surface area contributed by atoms with E-state index in [0.29, 0.717) is 46.0 Å².